The maximum Gasteiger partial charge on any atom is 0.220 e. The quantitative estimate of drug-likeness (QED) is 0.827. The molecule has 2 N–H and O–H groups in total. The summed E-state index contributed by atoms with van der Waals surface area (Å²) < 4.78 is 5.33. The molecular formula is C14H20N2O2. The molecule has 1 fully saturated rings. The molecule has 18 heavy (non-hydrogen) atoms. The largest absolute Gasteiger partial charge is 0.496 e. The summed E-state index contributed by atoms with van der Waals surface area (Å²) in [6, 6.07) is 6.43. The molecule has 1 aromatic carbocycles. The normalized spacial score (nSPS) is 18.8. The van der Waals surface area contributed by atoms with Crippen molar-refractivity contribution in [2.45, 2.75) is 32.4 Å². The first-order valence-electron chi connectivity index (χ1n) is 6.32. The maximum atomic E-state index is 11.1. The molecule has 1 amide bonds. The summed E-state index contributed by atoms with van der Waals surface area (Å²) in [5.41, 5.74) is 2.38. The molecule has 4 nitrogen and oxygen atoms in total. The fourth-order valence-electron chi connectivity index (χ4n) is 2.26. The molecule has 0 aromatic heterocycles. The summed E-state index contributed by atoms with van der Waals surface area (Å²) >= 11 is 0. The van der Waals surface area contributed by atoms with Gasteiger partial charge in [0.05, 0.1) is 7.11 Å². The summed E-state index contributed by atoms with van der Waals surface area (Å²) in [6.45, 7) is 3.64. The Kier molecular flexibility index (Phi) is 4.20. The first-order chi connectivity index (χ1) is 8.69. The molecule has 1 atom stereocenters. The molecule has 2 rings (SSSR count). The van der Waals surface area contributed by atoms with Crippen molar-refractivity contribution in [3.8, 4) is 5.75 Å². The number of aryl methyl sites for hydroxylation is 1. The zero-order valence-electron chi connectivity index (χ0n) is 11.0. The van der Waals surface area contributed by atoms with Crippen molar-refractivity contribution in [2.24, 2.45) is 0 Å². The van der Waals surface area contributed by atoms with Gasteiger partial charge in [-0.15, -0.1) is 0 Å². The van der Waals surface area contributed by atoms with Crippen LogP contribution >= 0.6 is 0 Å². The van der Waals surface area contributed by atoms with Crippen molar-refractivity contribution in [2.75, 3.05) is 13.7 Å². The highest BCUT2D eigenvalue weighted by molar-refractivity contribution is 5.78. The zero-order chi connectivity index (χ0) is 13.0. The fourth-order valence-corrected chi connectivity index (χ4v) is 2.26. The first-order valence-corrected chi connectivity index (χ1v) is 6.32. The molecule has 1 saturated heterocycles. The van der Waals surface area contributed by atoms with E-state index >= 15 is 0 Å². The second-order valence-electron chi connectivity index (χ2n) is 4.75. The van der Waals surface area contributed by atoms with Gasteiger partial charge >= 0.3 is 0 Å². The van der Waals surface area contributed by atoms with Gasteiger partial charge in [-0.1, -0.05) is 17.7 Å². The minimum Gasteiger partial charge on any atom is -0.496 e. The van der Waals surface area contributed by atoms with Crippen molar-refractivity contribution in [1.29, 1.82) is 0 Å². The van der Waals surface area contributed by atoms with Crippen LogP contribution < -0.4 is 15.4 Å². The number of rotatable bonds is 5. The predicted molar refractivity (Wildman–Crippen MR) is 70.6 cm³/mol. The smallest absolute Gasteiger partial charge is 0.220 e. The second-order valence-corrected chi connectivity index (χ2v) is 4.75. The summed E-state index contributed by atoms with van der Waals surface area (Å²) in [7, 11) is 1.69. The van der Waals surface area contributed by atoms with E-state index in [9.17, 15) is 4.79 Å². The summed E-state index contributed by atoms with van der Waals surface area (Å²) in [6.07, 6.45) is 1.58. The van der Waals surface area contributed by atoms with Gasteiger partial charge in [-0.25, -0.2) is 0 Å². The standard InChI is InChI=1S/C14H20N2O2/c1-10-3-5-13(18-2)11(7-10)8-15-9-12-4-6-14(17)16-12/h3,5,7,12,15H,4,6,8-9H2,1-2H3,(H,16,17). The van der Waals surface area contributed by atoms with Gasteiger partial charge in [0.25, 0.3) is 0 Å². The Balaban J connectivity index is 1.86. The third kappa shape index (κ3) is 3.23. The SMILES string of the molecule is COc1ccc(C)cc1CNCC1CCC(=O)N1. The van der Waals surface area contributed by atoms with Crippen LogP contribution in [0, 0.1) is 6.92 Å². The molecule has 4 heteroatoms. The van der Waals surface area contributed by atoms with Gasteiger partial charge in [-0.2, -0.15) is 0 Å². The summed E-state index contributed by atoms with van der Waals surface area (Å²) in [5, 5.41) is 6.32. The molecule has 1 aliphatic rings. The summed E-state index contributed by atoms with van der Waals surface area (Å²) in [4.78, 5) is 11.1. The average Bonchev–Trinajstić information content (AvgIpc) is 2.75. The number of carbonyl (C=O) groups excluding carboxylic acids is 1. The highest BCUT2D eigenvalue weighted by Gasteiger charge is 2.19. The molecule has 0 saturated carbocycles. The van der Waals surface area contributed by atoms with Crippen LogP contribution in [-0.2, 0) is 11.3 Å². The third-order valence-corrected chi connectivity index (χ3v) is 3.23. The van der Waals surface area contributed by atoms with Gasteiger partial charge in [0, 0.05) is 31.1 Å². The minimum absolute atomic E-state index is 0.162. The third-order valence-electron chi connectivity index (χ3n) is 3.23. The lowest BCUT2D eigenvalue weighted by Crippen LogP contribution is -2.35. The van der Waals surface area contributed by atoms with E-state index in [2.05, 4.69) is 23.6 Å². The van der Waals surface area contributed by atoms with Crippen molar-refractivity contribution in [1.82, 2.24) is 10.6 Å². The molecule has 0 spiro atoms. The zero-order valence-corrected chi connectivity index (χ0v) is 11.0. The highest BCUT2D eigenvalue weighted by Crippen LogP contribution is 2.19. The van der Waals surface area contributed by atoms with Crippen LogP contribution in [-0.4, -0.2) is 25.6 Å². The first kappa shape index (κ1) is 12.9. The lowest BCUT2D eigenvalue weighted by atomic mass is 10.1. The van der Waals surface area contributed by atoms with Crippen molar-refractivity contribution in [3.63, 3.8) is 0 Å². The van der Waals surface area contributed by atoms with Crippen LogP contribution in [0.3, 0.4) is 0 Å². The summed E-state index contributed by atoms with van der Waals surface area (Å²) in [5.74, 6) is 1.07. The van der Waals surface area contributed by atoms with E-state index in [0.717, 1.165) is 30.8 Å². The van der Waals surface area contributed by atoms with Gasteiger partial charge in [0.15, 0.2) is 0 Å². The molecule has 1 aromatic rings. The van der Waals surface area contributed by atoms with E-state index in [-0.39, 0.29) is 11.9 Å². The number of amides is 1. The van der Waals surface area contributed by atoms with Gasteiger partial charge in [-0.05, 0) is 19.4 Å². The lowest BCUT2D eigenvalue weighted by molar-refractivity contribution is -0.119. The monoisotopic (exact) mass is 248 g/mol. The van der Waals surface area contributed by atoms with Crippen molar-refractivity contribution >= 4 is 5.91 Å². The van der Waals surface area contributed by atoms with Crippen LogP contribution in [0.15, 0.2) is 18.2 Å². The van der Waals surface area contributed by atoms with E-state index in [1.807, 2.05) is 12.1 Å². The number of hydrogen-bond donors (Lipinski definition) is 2. The number of nitrogens with one attached hydrogen (secondary N) is 2. The van der Waals surface area contributed by atoms with Crippen LogP contribution in [0.2, 0.25) is 0 Å². The van der Waals surface area contributed by atoms with Gasteiger partial charge < -0.3 is 15.4 Å². The lowest BCUT2D eigenvalue weighted by Gasteiger charge is -2.13. The number of ether oxygens (including phenoxy) is 1. The Morgan fingerprint density at radius 1 is 1.50 bits per heavy atom. The molecule has 0 aliphatic carbocycles. The Morgan fingerprint density at radius 3 is 3.00 bits per heavy atom. The molecular weight excluding hydrogens is 228 g/mol. The van der Waals surface area contributed by atoms with E-state index in [4.69, 9.17) is 4.74 Å². The van der Waals surface area contributed by atoms with Crippen LogP contribution in [0.1, 0.15) is 24.0 Å². The number of hydrogen-bond acceptors (Lipinski definition) is 3. The number of methoxy groups -OCH3 is 1. The van der Waals surface area contributed by atoms with E-state index < -0.39 is 0 Å². The predicted octanol–water partition coefficient (Wildman–Crippen LogP) is 1.37. The second kappa shape index (κ2) is 5.87. The minimum atomic E-state index is 0.162. The molecule has 1 heterocycles. The Labute approximate surface area is 108 Å². The van der Waals surface area contributed by atoms with Gasteiger partial charge in [0.1, 0.15) is 5.75 Å². The van der Waals surface area contributed by atoms with Gasteiger partial charge in [-0.3, -0.25) is 4.79 Å². The van der Waals surface area contributed by atoms with Crippen LogP contribution in [0.4, 0.5) is 0 Å². The van der Waals surface area contributed by atoms with Crippen LogP contribution in [0.25, 0.3) is 0 Å². The van der Waals surface area contributed by atoms with Crippen molar-refractivity contribution in [3.05, 3.63) is 29.3 Å². The van der Waals surface area contributed by atoms with E-state index in [1.54, 1.807) is 7.11 Å². The van der Waals surface area contributed by atoms with Crippen LogP contribution in [0.5, 0.6) is 5.75 Å². The van der Waals surface area contributed by atoms with E-state index in [0.29, 0.717) is 6.42 Å². The number of carbonyl (C=O) groups is 1. The topological polar surface area (TPSA) is 50.4 Å². The molecule has 1 unspecified atom stereocenters. The molecule has 0 radical (unpaired) electrons. The fraction of sp³-hybridized carbons (Fsp3) is 0.500. The molecule has 0 bridgehead atoms. The van der Waals surface area contributed by atoms with E-state index in [1.165, 1.54) is 5.56 Å². The Hall–Kier alpha value is -1.55. The Morgan fingerprint density at radius 2 is 2.33 bits per heavy atom. The average molecular weight is 248 g/mol. The molecule has 1 aliphatic heterocycles. The maximum absolute atomic E-state index is 11.1. The Bertz CT molecular complexity index is 432. The number of benzene rings is 1. The molecule has 98 valence electrons. The van der Waals surface area contributed by atoms with Gasteiger partial charge in [0.2, 0.25) is 5.91 Å². The van der Waals surface area contributed by atoms with Crippen molar-refractivity contribution < 1.29 is 9.53 Å². The highest BCUT2D eigenvalue weighted by atomic mass is 16.5.